The van der Waals surface area contributed by atoms with Gasteiger partial charge in [0.2, 0.25) is 0 Å². The smallest absolute Gasteiger partial charge is 0.317 e. The fourth-order valence-electron chi connectivity index (χ4n) is 5.51. The molecular weight excluding hydrogens is 440 g/mol. The molecule has 2 atom stereocenters. The minimum absolute atomic E-state index is 0.000335. The van der Waals surface area contributed by atoms with Crippen LogP contribution >= 0.6 is 0 Å². The number of nitrogens with one attached hydrogen (secondary N) is 2. The van der Waals surface area contributed by atoms with E-state index in [0.717, 1.165) is 25.0 Å². The minimum atomic E-state index is -3.84. The highest BCUT2D eigenvalue weighted by Crippen LogP contribution is 2.35. The lowest BCUT2D eigenvalue weighted by molar-refractivity contribution is 0.127. The number of sulfonamides is 1. The van der Waals surface area contributed by atoms with Crippen molar-refractivity contribution in [3.63, 3.8) is 0 Å². The van der Waals surface area contributed by atoms with Crippen LogP contribution < -0.4 is 15.6 Å². The van der Waals surface area contributed by atoms with Crippen LogP contribution in [0.25, 0.3) is 0 Å². The van der Waals surface area contributed by atoms with Crippen molar-refractivity contribution in [3.8, 4) is 0 Å². The molecule has 3 heterocycles. The molecule has 1 saturated carbocycles. The van der Waals surface area contributed by atoms with E-state index in [2.05, 4.69) is 10.0 Å². The van der Waals surface area contributed by atoms with Crippen molar-refractivity contribution in [2.75, 3.05) is 17.8 Å². The summed E-state index contributed by atoms with van der Waals surface area (Å²) in [6, 6.07) is 11.7. The molecule has 0 spiro atoms. The van der Waals surface area contributed by atoms with E-state index in [-0.39, 0.29) is 40.1 Å². The van der Waals surface area contributed by atoms with Gasteiger partial charge in [0.05, 0.1) is 4.90 Å². The Morgan fingerprint density at radius 2 is 1.70 bits per heavy atom. The van der Waals surface area contributed by atoms with E-state index in [9.17, 15) is 18.0 Å². The number of pyridine rings is 1. The van der Waals surface area contributed by atoms with E-state index in [1.807, 2.05) is 11.0 Å². The molecule has 1 aromatic heterocycles. The Balaban J connectivity index is 1.33. The van der Waals surface area contributed by atoms with E-state index < -0.39 is 10.0 Å². The zero-order chi connectivity index (χ0) is 23.0. The molecule has 5 rings (SSSR count). The van der Waals surface area contributed by atoms with Gasteiger partial charge in [0.1, 0.15) is 5.69 Å². The monoisotopic (exact) mass is 470 g/mol. The van der Waals surface area contributed by atoms with E-state index in [0.29, 0.717) is 19.6 Å². The number of rotatable bonds is 4. The van der Waals surface area contributed by atoms with Crippen molar-refractivity contribution in [2.24, 2.45) is 5.92 Å². The zero-order valence-electron chi connectivity index (χ0n) is 18.6. The Labute approximate surface area is 194 Å². The number of urea groups is 1. The third kappa shape index (κ3) is 4.51. The number of fused-ring (bicyclic) bond motifs is 4. The lowest BCUT2D eigenvalue weighted by atomic mass is 9.83. The van der Waals surface area contributed by atoms with Gasteiger partial charge in [-0.2, -0.15) is 0 Å². The van der Waals surface area contributed by atoms with Crippen LogP contribution in [0.4, 0.5) is 10.5 Å². The van der Waals surface area contributed by atoms with Crippen molar-refractivity contribution < 1.29 is 13.2 Å². The van der Waals surface area contributed by atoms with Gasteiger partial charge in [-0.05, 0) is 49.4 Å². The van der Waals surface area contributed by atoms with Crippen LogP contribution in [0.5, 0.6) is 0 Å². The first-order valence-electron chi connectivity index (χ1n) is 11.8. The normalized spacial score (nSPS) is 23.0. The number of hydrogen-bond donors (Lipinski definition) is 2. The third-order valence-corrected chi connectivity index (χ3v) is 8.50. The topological polar surface area (TPSA) is 101 Å². The van der Waals surface area contributed by atoms with Crippen molar-refractivity contribution in [2.45, 2.75) is 61.9 Å². The van der Waals surface area contributed by atoms with Gasteiger partial charge in [-0.15, -0.1) is 0 Å². The minimum Gasteiger partial charge on any atom is -0.335 e. The lowest BCUT2D eigenvalue weighted by Gasteiger charge is -2.43. The Kier molecular flexibility index (Phi) is 5.90. The van der Waals surface area contributed by atoms with Crippen molar-refractivity contribution >= 4 is 21.7 Å². The largest absolute Gasteiger partial charge is 0.335 e. The summed E-state index contributed by atoms with van der Waals surface area (Å²) >= 11 is 0. The van der Waals surface area contributed by atoms with Gasteiger partial charge in [-0.3, -0.25) is 9.52 Å². The summed E-state index contributed by atoms with van der Waals surface area (Å²) in [7, 11) is -3.84. The van der Waals surface area contributed by atoms with Crippen LogP contribution in [0.2, 0.25) is 0 Å². The molecule has 0 unspecified atom stereocenters. The van der Waals surface area contributed by atoms with Crippen molar-refractivity contribution in [3.05, 3.63) is 58.5 Å². The van der Waals surface area contributed by atoms with Gasteiger partial charge < -0.3 is 14.8 Å². The zero-order valence-corrected chi connectivity index (χ0v) is 19.4. The van der Waals surface area contributed by atoms with Gasteiger partial charge in [0, 0.05) is 37.3 Å². The van der Waals surface area contributed by atoms with E-state index in [4.69, 9.17) is 0 Å². The maximum atomic E-state index is 13.2. The molecule has 1 aliphatic carbocycles. The Hall–Kier alpha value is -2.81. The maximum absolute atomic E-state index is 13.2. The number of anilines is 1. The average molecular weight is 471 g/mol. The molecule has 2 N–H and O–H groups in total. The number of piperidine rings is 1. The molecule has 2 amide bonds. The van der Waals surface area contributed by atoms with E-state index >= 15 is 0 Å². The molecule has 2 fully saturated rings. The Morgan fingerprint density at radius 3 is 2.45 bits per heavy atom. The fourth-order valence-corrected chi connectivity index (χ4v) is 6.58. The van der Waals surface area contributed by atoms with Crippen molar-refractivity contribution in [1.29, 1.82) is 0 Å². The van der Waals surface area contributed by atoms with Gasteiger partial charge in [-0.1, -0.05) is 37.5 Å². The summed E-state index contributed by atoms with van der Waals surface area (Å²) in [4.78, 5) is 28.1. The second-order valence-corrected chi connectivity index (χ2v) is 11.2. The summed E-state index contributed by atoms with van der Waals surface area (Å²) in [6.45, 7) is 1.67. The number of carbonyl (C=O) groups is 1. The molecule has 8 nitrogen and oxygen atoms in total. The Bertz CT molecular complexity index is 1190. The molecule has 0 radical (unpaired) electrons. The van der Waals surface area contributed by atoms with Crippen LogP contribution in [-0.4, -0.2) is 43.0 Å². The third-order valence-electron chi connectivity index (χ3n) is 7.12. The first kappa shape index (κ1) is 22.0. The number of hydrogen-bond acceptors (Lipinski definition) is 4. The lowest BCUT2D eigenvalue weighted by Crippen LogP contribution is -2.53. The number of likely N-dealkylation sites (tertiary alicyclic amines) is 1. The molecule has 2 aromatic rings. The molecule has 9 heteroatoms. The predicted octanol–water partition coefficient (Wildman–Crippen LogP) is 3.11. The second kappa shape index (κ2) is 8.85. The standard InChI is InChI=1S/C24H30N4O4S/c29-23-21(26-33(31,32)20-9-5-2-6-10-20)11-12-22-18-13-17(15-28(22)23)14-27(16-18)24(30)25-19-7-3-1-4-8-19/h2,5-6,9-12,17-19,26H,1,3-4,7-8,13-16H2,(H,25,30)/t17-,18+/m0/s1. The van der Waals surface area contributed by atoms with E-state index in [1.54, 1.807) is 28.8 Å². The van der Waals surface area contributed by atoms with Gasteiger partial charge in [0.15, 0.2) is 0 Å². The predicted molar refractivity (Wildman–Crippen MR) is 126 cm³/mol. The molecule has 2 aliphatic heterocycles. The molecule has 1 aromatic carbocycles. The first-order chi connectivity index (χ1) is 15.9. The molecule has 2 bridgehead atoms. The number of aromatic nitrogens is 1. The van der Waals surface area contributed by atoms with Gasteiger partial charge >= 0.3 is 6.03 Å². The summed E-state index contributed by atoms with van der Waals surface area (Å²) in [6.07, 6.45) is 6.61. The van der Waals surface area contributed by atoms with Gasteiger partial charge in [0.25, 0.3) is 15.6 Å². The number of amides is 2. The maximum Gasteiger partial charge on any atom is 0.317 e. The summed E-state index contributed by atoms with van der Waals surface area (Å²) in [5.74, 6) is 0.245. The number of benzene rings is 1. The SMILES string of the molecule is O=C(NC1CCCCC1)N1C[C@@H]2C[C@H](C1)c1ccc(NS(=O)(=O)c3ccccc3)c(=O)n1C2. The second-order valence-electron chi connectivity index (χ2n) is 9.49. The molecule has 1 saturated heterocycles. The summed E-state index contributed by atoms with van der Waals surface area (Å²) in [5.41, 5.74) is 0.588. The molecule has 176 valence electrons. The van der Waals surface area contributed by atoms with Crippen LogP contribution in [0.15, 0.2) is 52.2 Å². The average Bonchev–Trinajstić information content (AvgIpc) is 2.82. The number of carbonyl (C=O) groups excluding carboxylic acids is 1. The quantitative estimate of drug-likeness (QED) is 0.717. The van der Waals surface area contributed by atoms with Gasteiger partial charge in [-0.25, -0.2) is 13.2 Å². The number of nitrogens with zero attached hydrogens (tertiary/aromatic N) is 2. The van der Waals surface area contributed by atoms with Crippen LogP contribution in [0.1, 0.15) is 50.1 Å². The van der Waals surface area contributed by atoms with Crippen molar-refractivity contribution in [1.82, 2.24) is 14.8 Å². The van der Waals surface area contributed by atoms with Crippen LogP contribution in [0.3, 0.4) is 0 Å². The van der Waals surface area contributed by atoms with Crippen LogP contribution in [-0.2, 0) is 16.6 Å². The molecular formula is C24H30N4O4S. The van der Waals surface area contributed by atoms with Crippen LogP contribution in [0, 0.1) is 5.92 Å². The highest BCUT2D eigenvalue weighted by Gasteiger charge is 2.37. The fraction of sp³-hybridized carbons (Fsp3) is 0.500. The molecule has 33 heavy (non-hydrogen) atoms. The molecule has 3 aliphatic rings. The summed E-state index contributed by atoms with van der Waals surface area (Å²) in [5, 5.41) is 3.21. The highest BCUT2D eigenvalue weighted by atomic mass is 32.2. The Morgan fingerprint density at radius 1 is 0.939 bits per heavy atom. The summed E-state index contributed by atoms with van der Waals surface area (Å²) < 4.78 is 29.5. The van der Waals surface area contributed by atoms with E-state index in [1.165, 1.54) is 31.4 Å². The first-order valence-corrected chi connectivity index (χ1v) is 13.3. The highest BCUT2D eigenvalue weighted by molar-refractivity contribution is 7.92.